The Balaban J connectivity index is 2.98. The molecule has 1 aromatic rings. The SMILES string of the molecule is CCCCN(C)c1nc(C)nc(NC)c1C. The largest absolute Gasteiger partial charge is 0.373 e. The first-order chi connectivity index (χ1) is 7.60. The third-order valence-electron chi connectivity index (χ3n) is 2.68. The van der Waals surface area contributed by atoms with Gasteiger partial charge in [0.25, 0.3) is 0 Å². The van der Waals surface area contributed by atoms with Crippen molar-refractivity contribution in [1.29, 1.82) is 0 Å². The molecule has 0 saturated heterocycles. The zero-order valence-corrected chi connectivity index (χ0v) is 11.0. The molecule has 16 heavy (non-hydrogen) atoms. The molecule has 4 nitrogen and oxygen atoms in total. The molecule has 0 aliphatic rings. The molecule has 0 saturated carbocycles. The average Bonchev–Trinajstić information content (AvgIpc) is 2.28. The first-order valence-electron chi connectivity index (χ1n) is 5.84. The van der Waals surface area contributed by atoms with Crippen molar-refractivity contribution in [3.05, 3.63) is 11.4 Å². The number of nitrogens with one attached hydrogen (secondary N) is 1. The van der Waals surface area contributed by atoms with Gasteiger partial charge in [0, 0.05) is 26.2 Å². The third-order valence-corrected chi connectivity index (χ3v) is 2.68. The van der Waals surface area contributed by atoms with Gasteiger partial charge in [0.1, 0.15) is 17.5 Å². The normalized spacial score (nSPS) is 10.3. The molecule has 0 bridgehead atoms. The van der Waals surface area contributed by atoms with Gasteiger partial charge in [0.05, 0.1) is 0 Å². The number of unbranched alkanes of at least 4 members (excludes halogenated alkanes) is 1. The van der Waals surface area contributed by atoms with E-state index in [0.717, 1.165) is 29.6 Å². The Morgan fingerprint density at radius 2 is 1.94 bits per heavy atom. The van der Waals surface area contributed by atoms with Crippen LogP contribution in [0.4, 0.5) is 11.6 Å². The summed E-state index contributed by atoms with van der Waals surface area (Å²) in [6.07, 6.45) is 2.39. The summed E-state index contributed by atoms with van der Waals surface area (Å²) in [7, 11) is 3.98. The van der Waals surface area contributed by atoms with E-state index in [0.29, 0.717) is 0 Å². The van der Waals surface area contributed by atoms with Gasteiger partial charge in [-0.3, -0.25) is 0 Å². The van der Waals surface area contributed by atoms with Crippen LogP contribution in [0.1, 0.15) is 31.2 Å². The number of hydrogen-bond acceptors (Lipinski definition) is 4. The molecule has 0 unspecified atom stereocenters. The van der Waals surface area contributed by atoms with E-state index in [4.69, 9.17) is 0 Å². The summed E-state index contributed by atoms with van der Waals surface area (Å²) in [5.41, 5.74) is 1.12. The van der Waals surface area contributed by atoms with Crippen LogP contribution in [0.2, 0.25) is 0 Å². The second kappa shape index (κ2) is 5.68. The first-order valence-corrected chi connectivity index (χ1v) is 5.84. The number of aryl methyl sites for hydroxylation is 1. The number of rotatable bonds is 5. The van der Waals surface area contributed by atoms with E-state index in [1.807, 2.05) is 14.0 Å². The van der Waals surface area contributed by atoms with Crippen LogP contribution in [0.5, 0.6) is 0 Å². The van der Waals surface area contributed by atoms with Gasteiger partial charge in [-0.05, 0) is 20.3 Å². The quantitative estimate of drug-likeness (QED) is 0.830. The molecule has 1 heterocycles. The molecular formula is C12H22N4. The minimum Gasteiger partial charge on any atom is -0.373 e. The highest BCUT2D eigenvalue weighted by Crippen LogP contribution is 2.22. The van der Waals surface area contributed by atoms with Crippen molar-refractivity contribution in [3.63, 3.8) is 0 Å². The molecule has 0 aliphatic heterocycles. The number of hydrogen-bond donors (Lipinski definition) is 1. The zero-order valence-electron chi connectivity index (χ0n) is 11.0. The highest BCUT2D eigenvalue weighted by molar-refractivity contribution is 5.57. The third kappa shape index (κ3) is 2.84. The highest BCUT2D eigenvalue weighted by atomic mass is 15.2. The molecule has 0 aliphatic carbocycles. The zero-order chi connectivity index (χ0) is 12.1. The maximum atomic E-state index is 4.51. The minimum atomic E-state index is 0.813. The second-order valence-electron chi connectivity index (χ2n) is 4.09. The van der Waals surface area contributed by atoms with Gasteiger partial charge in [-0.2, -0.15) is 0 Å². The number of anilines is 2. The molecular weight excluding hydrogens is 200 g/mol. The highest BCUT2D eigenvalue weighted by Gasteiger charge is 2.11. The summed E-state index contributed by atoms with van der Waals surface area (Å²) in [5, 5.41) is 3.11. The molecule has 90 valence electrons. The molecule has 0 amide bonds. The van der Waals surface area contributed by atoms with Crippen molar-refractivity contribution in [3.8, 4) is 0 Å². The predicted molar refractivity (Wildman–Crippen MR) is 69.2 cm³/mol. The van der Waals surface area contributed by atoms with E-state index in [2.05, 4.69) is 41.1 Å². The van der Waals surface area contributed by atoms with Gasteiger partial charge in [0.15, 0.2) is 0 Å². The summed E-state index contributed by atoms with van der Waals surface area (Å²) in [6, 6.07) is 0. The standard InChI is InChI=1S/C12H22N4/c1-6-7-8-16(5)12-9(2)11(13-4)14-10(3)15-12/h6-8H2,1-5H3,(H,13,14,15). The number of aromatic nitrogens is 2. The van der Waals surface area contributed by atoms with E-state index in [-0.39, 0.29) is 0 Å². The summed E-state index contributed by atoms with van der Waals surface area (Å²) in [4.78, 5) is 11.1. The van der Waals surface area contributed by atoms with Gasteiger partial charge in [-0.15, -0.1) is 0 Å². The van der Waals surface area contributed by atoms with E-state index >= 15 is 0 Å². The average molecular weight is 222 g/mol. The maximum absolute atomic E-state index is 4.51. The van der Waals surface area contributed by atoms with E-state index in [9.17, 15) is 0 Å². The van der Waals surface area contributed by atoms with Crippen LogP contribution in [-0.4, -0.2) is 30.6 Å². The number of nitrogens with zero attached hydrogens (tertiary/aromatic N) is 3. The lowest BCUT2D eigenvalue weighted by atomic mass is 10.2. The maximum Gasteiger partial charge on any atom is 0.137 e. The Kier molecular flexibility index (Phi) is 4.52. The molecule has 0 aromatic carbocycles. The lowest BCUT2D eigenvalue weighted by Crippen LogP contribution is -2.22. The second-order valence-corrected chi connectivity index (χ2v) is 4.09. The van der Waals surface area contributed by atoms with Crippen molar-refractivity contribution in [2.45, 2.75) is 33.6 Å². The van der Waals surface area contributed by atoms with E-state index in [1.54, 1.807) is 0 Å². The van der Waals surface area contributed by atoms with Crippen molar-refractivity contribution < 1.29 is 0 Å². The molecule has 4 heteroatoms. The van der Waals surface area contributed by atoms with Gasteiger partial charge in [0.2, 0.25) is 0 Å². The smallest absolute Gasteiger partial charge is 0.137 e. The monoisotopic (exact) mass is 222 g/mol. The fraction of sp³-hybridized carbons (Fsp3) is 0.667. The summed E-state index contributed by atoms with van der Waals surface area (Å²) < 4.78 is 0. The molecule has 1 rings (SSSR count). The van der Waals surface area contributed by atoms with Crippen molar-refractivity contribution in [2.24, 2.45) is 0 Å². The lowest BCUT2D eigenvalue weighted by molar-refractivity contribution is 0.754. The Morgan fingerprint density at radius 3 is 2.50 bits per heavy atom. The first kappa shape index (κ1) is 12.7. The molecule has 0 spiro atoms. The Bertz CT molecular complexity index is 349. The Hall–Kier alpha value is -1.32. The van der Waals surface area contributed by atoms with E-state index in [1.165, 1.54) is 12.8 Å². The topological polar surface area (TPSA) is 41.1 Å². The minimum absolute atomic E-state index is 0.813. The van der Waals surface area contributed by atoms with Gasteiger partial charge in [-0.25, -0.2) is 9.97 Å². The van der Waals surface area contributed by atoms with Crippen molar-refractivity contribution in [1.82, 2.24) is 9.97 Å². The predicted octanol–water partition coefficient (Wildman–Crippen LogP) is 2.37. The summed E-state index contributed by atoms with van der Waals surface area (Å²) >= 11 is 0. The van der Waals surface area contributed by atoms with Crippen LogP contribution in [0, 0.1) is 13.8 Å². The van der Waals surface area contributed by atoms with Crippen molar-refractivity contribution in [2.75, 3.05) is 30.9 Å². The van der Waals surface area contributed by atoms with Crippen LogP contribution >= 0.6 is 0 Å². The van der Waals surface area contributed by atoms with Gasteiger partial charge >= 0.3 is 0 Å². The lowest BCUT2D eigenvalue weighted by Gasteiger charge is -2.21. The molecule has 0 fully saturated rings. The molecule has 0 radical (unpaired) electrons. The van der Waals surface area contributed by atoms with Crippen LogP contribution in [0.25, 0.3) is 0 Å². The summed E-state index contributed by atoms with van der Waals surface area (Å²) in [6.45, 7) is 7.22. The fourth-order valence-corrected chi connectivity index (χ4v) is 1.73. The van der Waals surface area contributed by atoms with Crippen LogP contribution in [0.15, 0.2) is 0 Å². The van der Waals surface area contributed by atoms with E-state index < -0.39 is 0 Å². The van der Waals surface area contributed by atoms with Crippen LogP contribution in [0.3, 0.4) is 0 Å². The molecule has 1 aromatic heterocycles. The molecule has 1 N–H and O–H groups in total. The molecule has 0 atom stereocenters. The van der Waals surface area contributed by atoms with Crippen LogP contribution in [-0.2, 0) is 0 Å². The van der Waals surface area contributed by atoms with Gasteiger partial charge in [-0.1, -0.05) is 13.3 Å². The van der Waals surface area contributed by atoms with Crippen LogP contribution < -0.4 is 10.2 Å². The fourth-order valence-electron chi connectivity index (χ4n) is 1.73. The Labute approximate surface area is 98.1 Å². The van der Waals surface area contributed by atoms with Gasteiger partial charge < -0.3 is 10.2 Å². The van der Waals surface area contributed by atoms with Crippen molar-refractivity contribution >= 4 is 11.6 Å². The Morgan fingerprint density at radius 1 is 1.25 bits per heavy atom. The summed E-state index contributed by atoms with van der Waals surface area (Å²) in [5.74, 6) is 2.77.